The van der Waals surface area contributed by atoms with Crippen molar-refractivity contribution in [3.8, 4) is 0 Å². The number of aromatic nitrogens is 2. The highest BCUT2D eigenvalue weighted by atomic mass is 16.5. The lowest BCUT2D eigenvalue weighted by molar-refractivity contribution is -0.0752. The average molecular weight is 251 g/mol. The molecule has 2 rings (SSSR count). The maximum absolute atomic E-state index is 11.2. The molecule has 1 aromatic rings. The lowest BCUT2D eigenvalue weighted by Crippen LogP contribution is -2.52. The zero-order valence-corrected chi connectivity index (χ0v) is 10.8. The molecule has 1 atom stereocenters. The molecule has 6 nitrogen and oxygen atoms in total. The molecule has 1 aliphatic heterocycles. The van der Waals surface area contributed by atoms with E-state index in [-0.39, 0.29) is 17.3 Å². The first-order chi connectivity index (χ1) is 8.39. The van der Waals surface area contributed by atoms with E-state index >= 15 is 0 Å². The minimum absolute atomic E-state index is 0.0327. The van der Waals surface area contributed by atoms with E-state index in [1.54, 1.807) is 0 Å². The molecule has 0 spiro atoms. The van der Waals surface area contributed by atoms with Crippen LogP contribution < -0.4 is 4.90 Å². The predicted octanol–water partition coefficient (Wildman–Crippen LogP) is 1.18. The Labute approximate surface area is 106 Å². The van der Waals surface area contributed by atoms with Gasteiger partial charge < -0.3 is 14.7 Å². The number of carbonyl (C=O) groups is 1. The smallest absolute Gasteiger partial charge is 0.341 e. The zero-order valence-electron chi connectivity index (χ0n) is 10.8. The van der Waals surface area contributed by atoms with Crippen LogP contribution in [0, 0.1) is 0 Å². The lowest BCUT2D eigenvalue weighted by atomic mass is 10.1. The number of anilines is 1. The second-order valence-electron chi connectivity index (χ2n) is 5.13. The molecule has 18 heavy (non-hydrogen) atoms. The Morgan fingerprint density at radius 3 is 2.94 bits per heavy atom. The molecular weight excluding hydrogens is 234 g/mol. The van der Waals surface area contributed by atoms with Crippen molar-refractivity contribution in [2.45, 2.75) is 32.5 Å². The van der Waals surface area contributed by atoms with Crippen molar-refractivity contribution < 1.29 is 14.6 Å². The zero-order chi connectivity index (χ0) is 13.3. The van der Waals surface area contributed by atoms with Crippen LogP contribution in [0.15, 0.2) is 12.5 Å². The molecule has 2 heterocycles. The number of ether oxygens (including phenoxy) is 1. The van der Waals surface area contributed by atoms with Crippen LogP contribution in [0.2, 0.25) is 0 Å². The van der Waals surface area contributed by atoms with Crippen molar-refractivity contribution in [1.82, 2.24) is 9.97 Å². The van der Waals surface area contributed by atoms with E-state index in [0.29, 0.717) is 18.9 Å². The Morgan fingerprint density at radius 2 is 2.33 bits per heavy atom. The third-order valence-electron chi connectivity index (χ3n) is 2.79. The van der Waals surface area contributed by atoms with Gasteiger partial charge in [-0.1, -0.05) is 0 Å². The third kappa shape index (κ3) is 2.59. The van der Waals surface area contributed by atoms with Crippen LogP contribution in [0.4, 0.5) is 5.82 Å². The standard InChI is InChI=1S/C12H17N3O3/c1-8-5-15(6-12(2,3)18-8)10-9(11(16)17)4-13-7-14-10/h4,7-8H,5-6H2,1-3H3,(H,16,17). The minimum Gasteiger partial charge on any atom is -0.477 e. The van der Waals surface area contributed by atoms with Crippen LogP contribution in [-0.4, -0.2) is 45.8 Å². The topological polar surface area (TPSA) is 75.6 Å². The molecule has 98 valence electrons. The predicted molar refractivity (Wildman–Crippen MR) is 65.8 cm³/mol. The van der Waals surface area contributed by atoms with Gasteiger partial charge in [0.2, 0.25) is 0 Å². The van der Waals surface area contributed by atoms with Crippen molar-refractivity contribution in [1.29, 1.82) is 0 Å². The summed E-state index contributed by atoms with van der Waals surface area (Å²) in [5.74, 6) is -0.553. The van der Waals surface area contributed by atoms with Gasteiger partial charge in [0, 0.05) is 19.3 Å². The number of aromatic carboxylic acids is 1. The third-order valence-corrected chi connectivity index (χ3v) is 2.79. The highest BCUT2D eigenvalue weighted by Gasteiger charge is 2.33. The largest absolute Gasteiger partial charge is 0.477 e. The summed E-state index contributed by atoms with van der Waals surface area (Å²) in [6, 6.07) is 0. The van der Waals surface area contributed by atoms with Crippen molar-refractivity contribution in [3.05, 3.63) is 18.1 Å². The normalized spacial score (nSPS) is 22.8. The molecule has 0 amide bonds. The second kappa shape index (κ2) is 4.53. The molecule has 1 aliphatic rings. The van der Waals surface area contributed by atoms with Crippen LogP contribution >= 0.6 is 0 Å². The molecule has 1 aromatic heterocycles. The van der Waals surface area contributed by atoms with Gasteiger partial charge in [0.05, 0.1) is 11.7 Å². The molecule has 0 bridgehead atoms. The maximum atomic E-state index is 11.2. The average Bonchev–Trinajstić information content (AvgIpc) is 2.26. The van der Waals surface area contributed by atoms with E-state index < -0.39 is 5.97 Å². The van der Waals surface area contributed by atoms with Crippen LogP contribution in [-0.2, 0) is 4.74 Å². The van der Waals surface area contributed by atoms with Crippen molar-refractivity contribution in [2.75, 3.05) is 18.0 Å². The van der Waals surface area contributed by atoms with E-state index in [9.17, 15) is 4.79 Å². The Kier molecular flexibility index (Phi) is 3.21. The molecule has 1 unspecified atom stereocenters. The summed E-state index contributed by atoms with van der Waals surface area (Å²) < 4.78 is 5.79. The molecule has 0 radical (unpaired) electrons. The van der Waals surface area contributed by atoms with E-state index in [1.807, 2.05) is 25.7 Å². The number of nitrogens with zero attached hydrogens (tertiary/aromatic N) is 3. The van der Waals surface area contributed by atoms with Gasteiger partial charge in [-0.2, -0.15) is 0 Å². The fourth-order valence-electron chi connectivity index (χ4n) is 2.34. The molecule has 6 heteroatoms. The van der Waals surface area contributed by atoms with Gasteiger partial charge >= 0.3 is 5.97 Å². The number of morpholine rings is 1. The van der Waals surface area contributed by atoms with Crippen LogP contribution in [0.5, 0.6) is 0 Å². The maximum Gasteiger partial charge on any atom is 0.341 e. The quantitative estimate of drug-likeness (QED) is 0.850. The van der Waals surface area contributed by atoms with Gasteiger partial charge in [0.1, 0.15) is 17.7 Å². The van der Waals surface area contributed by atoms with E-state index in [4.69, 9.17) is 9.84 Å². The number of carboxylic acid groups (broad SMARTS) is 1. The molecular formula is C12H17N3O3. The lowest BCUT2D eigenvalue weighted by Gasteiger charge is -2.42. The fraction of sp³-hybridized carbons (Fsp3) is 0.583. The highest BCUT2D eigenvalue weighted by Crippen LogP contribution is 2.26. The minimum atomic E-state index is -1.01. The summed E-state index contributed by atoms with van der Waals surface area (Å²) in [7, 11) is 0. The van der Waals surface area contributed by atoms with Crippen LogP contribution in [0.1, 0.15) is 31.1 Å². The van der Waals surface area contributed by atoms with Gasteiger partial charge in [-0.3, -0.25) is 0 Å². The molecule has 0 saturated carbocycles. The van der Waals surface area contributed by atoms with E-state index in [1.165, 1.54) is 12.5 Å². The second-order valence-corrected chi connectivity index (χ2v) is 5.13. The molecule has 0 aliphatic carbocycles. The summed E-state index contributed by atoms with van der Waals surface area (Å²) >= 11 is 0. The SMILES string of the molecule is CC1CN(c2ncncc2C(=O)O)CC(C)(C)O1. The summed E-state index contributed by atoms with van der Waals surface area (Å²) in [6.45, 7) is 7.17. The Balaban J connectivity index is 2.34. The summed E-state index contributed by atoms with van der Waals surface area (Å²) in [5, 5.41) is 9.15. The van der Waals surface area contributed by atoms with E-state index in [2.05, 4.69) is 9.97 Å². The van der Waals surface area contributed by atoms with Gasteiger partial charge in [0.15, 0.2) is 0 Å². The van der Waals surface area contributed by atoms with Gasteiger partial charge in [-0.15, -0.1) is 0 Å². The summed E-state index contributed by atoms with van der Waals surface area (Å²) in [4.78, 5) is 21.0. The number of rotatable bonds is 2. The van der Waals surface area contributed by atoms with Gasteiger partial charge in [-0.25, -0.2) is 14.8 Å². The monoisotopic (exact) mass is 251 g/mol. The summed E-state index contributed by atoms with van der Waals surface area (Å²) in [5.41, 5.74) is -0.194. The van der Waals surface area contributed by atoms with Crippen LogP contribution in [0.25, 0.3) is 0 Å². The fourth-order valence-corrected chi connectivity index (χ4v) is 2.34. The number of hydrogen-bond acceptors (Lipinski definition) is 5. The van der Waals surface area contributed by atoms with Crippen molar-refractivity contribution >= 4 is 11.8 Å². The molecule has 1 saturated heterocycles. The van der Waals surface area contributed by atoms with Gasteiger partial charge in [-0.05, 0) is 20.8 Å². The Bertz CT molecular complexity index is 462. The first-order valence-corrected chi connectivity index (χ1v) is 5.85. The van der Waals surface area contributed by atoms with Crippen molar-refractivity contribution in [3.63, 3.8) is 0 Å². The first kappa shape index (κ1) is 12.8. The van der Waals surface area contributed by atoms with Crippen LogP contribution in [0.3, 0.4) is 0 Å². The van der Waals surface area contributed by atoms with E-state index in [0.717, 1.165) is 0 Å². The Morgan fingerprint density at radius 1 is 1.61 bits per heavy atom. The first-order valence-electron chi connectivity index (χ1n) is 5.85. The Hall–Kier alpha value is -1.69. The molecule has 1 N–H and O–H groups in total. The summed E-state index contributed by atoms with van der Waals surface area (Å²) in [6.07, 6.45) is 2.73. The number of hydrogen-bond donors (Lipinski definition) is 1. The molecule has 1 fully saturated rings. The van der Waals surface area contributed by atoms with Gasteiger partial charge in [0.25, 0.3) is 0 Å². The molecule has 0 aromatic carbocycles. The number of carboxylic acids is 1. The highest BCUT2D eigenvalue weighted by molar-refractivity contribution is 5.92. The van der Waals surface area contributed by atoms with Crippen molar-refractivity contribution in [2.24, 2.45) is 0 Å².